The van der Waals surface area contributed by atoms with E-state index in [1.54, 1.807) is 6.33 Å². The predicted molar refractivity (Wildman–Crippen MR) is 90.3 cm³/mol. The van der Waals surface area contributed by atoms with Crippen molar-refractivity contribution in [2.45, 2.75) is 32.9 Å². The zero-order valence-electron chi connectivity index (χ0n) is 13.9. The van der Waals surface area contributed by atoms with Crippen LogP contribution in [0.2, 0.25) is 0 Å². The first-order chi connectivity index (χ1) is 11.4. The van der Waals surface area contributed by atoms with Crippen molar-refractivity contribution in [3.63, 3.8) is 0 Å². The molecule has 0 amide bonds. The molecular weight excluding hydrogens is 306 g/mol. The van der Waals surface area contributed by atoms with Gasteiger partial charge in [-0.05, 0) is 26.3 Å². The third kappa shape index (κ3) is 3.05. The summed E-state index contributed by atoms with van der Waals surface area (Å²) in [5, 5.41) is 0. The first-order valence-corrected chi connectivity index (χ1v) is 7.58. The van der Waals surface area contributed by atoms with Crippen LogP contribution in [0.25, 0.3) is 11.2 Å². The molecule has 2 heterocycles. The summed E-state index contributed by atoms with van der Waals surface area (Å²) in [4.78, 5) is 24.8. The number of esters is 1. The number of anilines is 1. The minimum Gasteiger partial charge on any atom is -0.455 e. The van der Waals surface area contributed by atoms with Gasteiger partial charge < -0.3 is 15.0 Å². The Hall–Kier alpha value is -2.96. The predicted octanol–water partition coefficient (Wildman–Crippen LogP) is 2.52. The fourth-order valence-electron chi connectivity index (χ4n) is 2.29. The SMILES string of the molecule is CC(C)(C)n1cnc2c(N)nc(C(=O)OCc3ccccc3)nc21. The highest BCUT2D eigenvalue weighted by atomic mass is 16.5. The molecule has 0 atom stereocenters. The Morgan fingerprint density at radius 3 is 2.58 bits per heavy atom. The van der Waals surface area contributed by atoms with Crippen molar-refractivity contribution in [1.29, 1.82) is 0 Å². The molecule has 3 aromatic rings. The minimum absolute atomic E-state index is 0.0677. The van der Waals surface area contributed by atoms with Gasteiger partial charge in [-0.3, -0.25) is 0 Å². The van der Waals surface area contributed by atoms with E-state index in [2.05, 4.69) is 15.0 Å². The van der Waals surface area contributed by atoms with Crippen molar-refractivity contribution in [2.75, 3.05) is 5.73 Å². The lowest BCUT2D eigenvalue weighted by molar-refractivity contribution is 0.0458. The smallest absolute Gasteiger partial charge is 0.376 e. The molecule has 0 aliphatic heterocycles. The number of hydrogen-bond acceptors (Lipinski definition) is 6. The number of carbonyl (C=O) groups is 1. The molecule has 3 rings (SSSR count). The van der Waals surface area contributed by atoms with Gasteiger partial charge in [-0.1, -0.05) is 30.3 Å². The summed E-state index contributed by atoms with van der Waals surface area (Å²) in [5.74, 6) is -0.522. The molecule has 2 aromatic heterocycles. The van der Waals surface area contributed by atoms with Crippen LogP contribution in [0.1, 0.15) is 37.0 Å². The molecule has 0 saturated carbocycles. The van der Waals surface area contributed by atoms with Crippen molar-refractivity contribution >= 4 is 23.0 Å². The van der Waals surface area contributed by atoms with Crippen LogP contribution < -0.4 is 5.73 Å². The lowest BCUT2D eigenvalue weighted by Crippen LogP contribution is -2.22. The second kappa shape index (κ2) is 5.92. The van der Waals surface area contributed by atoms with E-state index in [4.69, 9.17) is 10.5 Å². The average Bonchev–Trinajstić information content (AvgIpc) is 2.98. The molecule has 1 aromatic carbocycles. The molecule has 7 heteroatoms. The number of aromatic nitrogens is 4. The van der Waals surface area contributed by atoms with Gasteiger partial charge in [0, 0.05) is 5.54 Å². The third-order valence-electron chi connectivity index (χ3n) is 3.54. The third-order valence-corrected chi connectivity index (χ3v) is 3.54. The Morgan fingerprint density at radius 2 is 1.92 bits per heavy atom. The van der Waals surface area contributed by atoms with E-state index in [0.717, 1.165) is 5.56 Å². The quantitative estimate of drug-likeness (QED) is 0.743. The van der Waals surface area contributed by atoms with Gasteiger partial charge in [-0.25, -0.2) is 19.7 Å². The molecule has 24 heavy (non-hydrogen) atoms. The van der Waals surface area contributed by atoms with Gasteiger partial charge in [-0.2, -0.15) is 0 Å². The number of benzene rings is 1. The lowest BCUT2D eigenvalue weighted by atomic mass is 10.1. The number of carbonyl (C=O) groups excluding carboxylic acids is 1. The van der Waals surface area contributed by atoms with Crippen molar-refractivity contribution in [3.05, 3.63) is 48.0 Å². The standard InChI is InChI=1S/C17H19N5O2/c1-17(2,3)22-10-19-12-13(18)20-14(21-15(12)22)16(23)24-9-11-7-5-4-6-8-11/h4-8,10H,9H2,1-3H3,(H2,18,20,21). The highest BCUT2D eigenvalue weighted by molar-refractivity contribution is 5.90. The van der Waals surface area contributed by atoms with E-state index in [-0.39, 0.29) is 23.8 Å². The van der Waals surface area contributed by atoms with Gasteiger partial charge in [-0.15, -0.1) is 0 Å². The topological polar surface area (TPSA) is 95.9 Å². The number of nitrogens with two attached hydrogens (primary N) is 1. The number of rotatable bonds is 3. The van der Waals surface area contributed by atoms with Crippen molar-refractivity contribution < 1.29 is 9.53 Å². The summed E-state index contributed by atoms with van der Waals surface area (Å²) in [7, 11) is 0. The monoisotopic (exact) mass is 325 g/mol. The molecular formula is C17H19N5O2. The largest absolute Gasteiger partial charge is 0.455 e. The summed E-state index contributed by atoms with van der Waals surface area (Å²) >= 11 is 0. The van der Waals surface area contributed by atoms with E-state index in [9.17, 15) is 4.79 Å². The van der Waals surface area contributed by atoms with Crippen molar-refractivity contribution in [2.24, 2.45) is 0 Å². The lowest BCUT2D eigenvalue weighted by Gasteiger charge is -2.20. The molecule has 0 bridgehead atoms. The van der Waals surface area contributed by atoms with Crippen LogP contribution in [-0.2, 0) is 16.9 Å². The Balaban J connectivity index is 1.90. The zero-order valence-corrected chi connectivity index (χ0v) is 13.9. The Bertz CT molecular complexity index is 881. The first-order valence-electron chi connectivity index (χ1n) is 7.58. The summed E-state index contributed by atoms with van der Waals surface area (Å²) < 4.78 is 7.13. The van der Waals surface area contributed by atoms with Crippen LogP contribution in [-0.4, -0.2) is 25.5 Å². The molecule has 124 valence electrons. The van der Waals surface area contributed by atoms with E-state index < -0.39 is 5.97 Å². The minimum atomic E-state index is -0.617. The van der Waals surface area contributed by atoms with Crippen LogP contribution in [0.3, 0.4) is 0 Å². The highest BCUT2D eigenvalue weighted by Crippen LogP contribution is 2.23. The van der Waals surface area contributed by atoms with Crippen molar-refractivity contribution in [1.82, 2.24) is 19.5 Å². The van der Waals surface area contributed by atoms with Crippen LogP contribution in [0, 0.1) is 0 Å². The van der Waals surface area contributed by atoms with Gasteiger partial charge in [0.1, 0.15) is 12.1 Å². The van der Waals surface area contributed by atoms with E-state index >= 15 is 0 Å². The summed E-state index contributed by atoms with van der Waals surface area (Å²) in [6.07, 6.45) is 1.65. The van der Waals surface area contributed by atoms with Crippen LogP contribution in [0.4, 0.5) is 5.82 Å². The zero-order chi connectivity index (χ0) is 17.3. The molecule has 0 radical (unpaired) electrons. The van der Waals surface area contributed by atoms with Gasteiger partial charge in [0.25, 0.3) is 0 Å². The number of ether oxygens (including phenoxy) is 1. The molecule has 0 saturated heterocycles. The molecule has 2 N–H and O–H groups in total. The average molecular weight is 325 g/mol. The molecule has 7 nitrogen and oxygen atoms in total. The van der Waals surface area contributed by atoms with Crippen LogP contribution in [0.15, 0.2) is 36.7 Å². The van der Waals surface area contributed by atoms with Crippen LogP contribution in [0.5, 0.6) is 0 Å². The second-order valence-electron chi connectivity index (χ2n) is 6.45. The van der Waals surface area contributed by atoms with Crippen LogP contribution >= 0.6 is 0 Å². The van der Waals surface area contributed by atoms with Gasteiger partial charge in [0.05, 0.1) is 6.33 Å². The normalized spacial score (nSPS) is 11.6. The Kier molecular flexibility index (Phi) is 3.92. The number of fused-ring (bicyclic) bond motifs is 1. The van der Waals surface area contributed by atoms with Gasteiger partial charge >= 0.3 is 5.97 Å². The number of imidazole rings is 1. The molecule has 0 aliphatic rings. The van der Waals surface area contributed by atoms with Gasteiger partial charge in [0.15, 0.2) is 11.5 Å². The van der Waals surface area contributed by atoms with Gasteiger partial charge in [0.2, 0.25) is 5.82 Å². The maximum Gasteiger partial charge on any atom is 0.376 e. The first kappa shape index (κ1) is 15.9. The molecule has 0 spiro atoms. The Morgan fingerprint density at radius 1 is 1.21 bits per heavy atom. The summed E-state index contributed by atoms with van der Waals surface area (Å²) in [5.41, 5.74) is 7.56. The molecule has 0 aliphatic carbocycles. The maximum absolute atomic E-state index is 12.3. The van der Waals surface area contributed by atoms with E-state index in [1.165, 1.54) is 0 Å². The Labute approximate surface area is 139 Å². The molecule has 0 fully saturated rings. The fraction of sp³-hybridized carbons (Fsp3) is 0.294. The molecule has 0 unspecified atom stereocenters. The highest BCUT2D eigenvalue weighted by Gasteiger charge is 2.22. The number of nitrogens with zero attached hydrogens (tertiary/aromatic N) is 4. The summed E-state index contributed by atoms with van der Waals surface area (Å²) in [6.45, 7) is 6.19. The van der Waals surface area contributed by atoms with E-state index in [0.29, 0.717) is 11.2 Å². The summed E-state index contributed by atoms with van der Waals surface area (Å²) in [6, 6.07) is 9.41. The second-order valence-corrected chi connectivity index (χ2v) is 6.45. The number of nitrogen functional groups attached to an aromatic ring is 1. The van der Waals surface area contributed by atoms with Crippen molar-refractivity contribution in [3.8, 4) is 0 Å². The number of hydrogen-bond donors (Lipinski definition) is 1. The fourth-order valence-corrected chi connectivity index (χ4v) is 2.29. The van der Waals surface area contributed by atoms with E-state index in [1.807, 2.05) is 55.7 Å². The maximum atomic E-state index is 12.3.